The van der Waals surface area contributed by atoms with Gasteiger partial charge in [-0.25, -0.2) is 0 Å². The quantitative estimate of drug-likeness (QED) is 0.334. The number of methoxy groups -OCH3 is 1. The summed E-state index contributed by atoms with van der Waals surface area (Å²) in [5.41, 5.74) is 8.21. The van der Waals surface area contributed by atoms with E-state index in [1.807, 2.05) is 0 Å². The van der Waals surface area contributed by atoms with Gasteiger partial charge < -0.3 is 25.0 Å². The number of hydrogen-bond donors (Lipinski definition) is 3. The highest BCUT2D eigenvalue weighted by molar-refractivity contribution is 5.73. The van der Waals surface area contributed by atoms with Crippen molar-refractivity contribution in [2.24, 2.45) is 5.11 Å². The van der Waals surface area contributed by atoms with Crippen LogP contribution in [0, 0.1) is 0 Å². The van der Waals surface area contributed by atoms with E-state index in [1.54, 1.807) is 0 Å². The number of carbonyl (C=O) groups is 1. The Bertz CT molecular complexity index is 344. The predicted molar refractivity (Wildman–Crippen MR) is 59.3 cm³/mol. The van der Waals surface area contributed by atoms with E-state index in [4.69, 9.17) is 15.0 Å². The lowest BCUT2D eigenvalue weighted by Crippen LogP contribution is -2.64. The Labute approximate surface area is 103 Å². The first kappa shape index (κ1) is 14.7. The van der Waals surface area contributed by atoms with E-state index in [1.165, 1.54) is 14.0 Å². The van der Waals surface area contributed by atoms with Gasteiger partial charge in [-0.3, -0.25) is 4.79 Å². The molecule has 5 atom stereocenters. The summed E-state index contributed by atoms with van der Waals surface area (Å²) in [7, 11) is 1.34. The molecular formula is C9H16N4O5. The number of carbonyl (C=O) groups excluding carboxylic acids is 1. The molecule has 2 unspecified atom stereocenters. The highest BCUT2D eigenvalue weighted by Crippen LogP contribution is 2.22. The fraction of sp³-hybridized carbons (Fsp3) is 0.889. The zero-order valence-corrected chi connectivity index (χ0v) is 10.1. The normalized spacial score (nSPS) is 35.7. The molecule has 1 amide bonds. The van der Waals surface area contributed by atoms with Crippen molar-refractivity contribution in [2.45, 2.75) is 37.6 Å². The Morgan fingerprint density at radius 1 is 1.56 bits per heavy atom. The highest BCUT2D eigenvalue weighted by atomic mass is 16.7. The van der Waals surface area contributed by atoms with Gasteiger partial charge in [0.2, 0.25) is 5.91 Å². The SMILES string of the molecule is CO[C@H]1OC(CN=[N+]=[N-])[C@H](O)[C@H](O)C1NC(C)=O. The fourth-order valence-corrected chi connectivity index (χ4v) is 1.79. The lowest BCUT2D eigenvalue weighted by Gasteiger charge is -2.41. The molecule has 0 saturated carbocycles. The maximum absolute atomic E-state index is 11.0. The van der Waals surface area contributed by atoms with E-state index < -0.39 is 30.6 Å². The van der Waals surface area contributed by atoms with Crippen LogP contribution in [0.2, 0.25) is 0 Å². The first-order chi connectivity index (χ1) is 8.51. The second-order valence-corrected chi connectivity index (χ2v) is 3.90. The van der Waals surface area contributed by atoms with Crippen molar-refractivity contribution in [3.8, 4) is 0 Å². The van der Waals surface area contributed by atoms with Gasteiger partial charge in [-0.05, 0) is 5.53 Å². The van der Waals surface area contributed by atoms with E-state index in [0.29, 0.717) is 0 Å². The van der Waals surface area contributed by atoms with Gasteiger partial charge in [0.05, 0.1) is 12.6 Å². The standard InChI is InChI=1S/C9H16N4O5/c1-4(14)12-6-8(16)7(15)5(3-11-13-10)18-9(6)17-2/h5-9,15-16H,3H2,1-2H3,(H,12,14)/t5?,6?,7-,8+,9-/m0/s1. The van der Waals surface area contributed by atoms with E-state index in [-0.39, 0.29) is 12.5 Å². The van der Waals surface area contributed by atoms with Crippen molar-refractivity contribution in [1.82, 2.24) is 5.32 Å². The van der Waals surface area contributed by atoms with Crippen LogP contribution in [0.1, 0.15) is 6.92 Å². The zero-order chi connectivity index (χ0) is 13.7. The minimum Gasteiger partial charge on any atom is -0.388 e. The Morgan fingerprint density at radius 3 is 2.72 bits per heavy atom. The van der Waals surface area contributed by atoms with Crippen LogP contribution < -0.4 is 5.32 Å². The molecule has 3 N–H and O–H groups in total. The smallest absolute Gasteiger partial charge is 0.217 e. The van der Waals surface area contributed by atoms with Gasteiger partial charge in [-0.15, -0.1) is 0 Å². The number of hydrogen-bond acceptors (Lipinski definition) is 6. The van der Waals surface area contributed by atoms with Crippen LogP contribution in [-0.4, -0.2) is 60.4 Å². The molecule has 1 aliphatic heterocycles. The molecule has 0 aliphatic carbocycles. The van der Waals surface area contributed by atoms with E-state index in [2.05, 4.69) is 15.3 Å². The molecule has 0 aromatic heterocycles. The van der Waals surface area contributed by atoms with Crippen LogP contribution in [0.4, 0.5) is 0 Å². The number of nitrogens with zero attached hydrogens (tertiary/aromatic N) is 3. The lowest BCUT2D eigenvalue weighted by molar-refractivity contribution is -0.253. The van der Waals surface area contributed by atoms with Crippen LogP contribution >= 0.6 is 0 Å². The molecule has 1 heterocycles. The summed E-state index contributed by atoms with van der Waals surface area (Å²) in [6.45, 7) is 1.14. The third-order valence-corrected chi connectivity index (χ3v) is 2.63. The number of nitrogens with one attached hydrogen (secondary N) is 1. The van der Waals surface area contributed by atoms with E-state index >= 15 is 0 Å². The first-order valence-corrected chi connectivity index (χ1v) is 5.33. The molecular weight excluding hydrogens is 244 g/mol. The Morgan fingerprint density at radius 2 is 2.22 bits per heavy atom. The molecule has 102 valence electrons. The number of ether oxygens (including phenoxy) is 2. The predicted octanol–water partition coefficient (Wildman–Crippen LogP) is -1.11. The van der Waals surface area contributed by atoms with Crippen molar-refractivity contribution in [3.63, 3.8) is 0 Å². The summed E-state index contributed by atoms with van der Waals surface area (Å²) in [5.74, 6) is -0.384. The molecule has 1 rings (SSSR count). The van der Waals surface area contributed by atoms with E-state index in [9.17, 15) is 15.0 Å². The summed E-state index contributed by atoms with van der Waals surface area (Å²) in [6.07, 6.45) is -4.36. The molecule has 18 heavy (non-hydrogen) atoms. The molecule has 0 radical (unpaired) electrons. The van der Waals surface area contributed by atoms with Crippen molar-refractivity contribution in [1.29, 1.82) is 0 Å². The molecule has 1 aliphatic rings. The minimum atomic E-state index is -1.28. The number of azide groups is 1. The molecule has 0 aromatic carbocycles. The van der Waals surface area contributed by atoms with Crippen LogP contribution in [-0.2, 0) is 14.3 Å². The first-order valence-electron chi connectivity index (χ1n) is 5.33. The maximum Gasteiger partial charge on any atom is 0.217 e. The second-order valence-electron chi connectivity index (χ2n) is 3.90. The van der Waals surface area contributed by atoms with Crippen molar-refractivity contribution in [3.05, 3.63) is 10.4 Å². The van der Waals surface area contributed by atoms with Gasteiger partial charge >= 0.3 is 0 Å². The monoisotopic (exact) mass is 260 g/mol. The second kappa shape index (κ2) is 6.53. The number of aliphatic hydroxyl groups excluding tert-OH is 2. The maximum atomic E-state index is 11.0. The molecule has 1 fully saturated rings. The van der Waals surface area contributed by atoms with Gasteiger partial charge in [-0.2, -0.15) is 0 Å². The van der Waals surface area contributed by atoms with Gasteiger partial charge in [-0.1, -0.05) is 5.11 Å². The van der Waals surface area contributed by atoms with Gasteiger partial charge in [0.25, 0.3) is 0 Å². The molecule has 1 saturated heterocycles. The van der Waals surface area contributed by atoms with Crippen molar-refractivity contribution >= 4 is 5.91 Å². The van der Waals surface area contributed by atoms with Crippen LogP contribution in [0.15, 0.2) is 5.11 Å². The van der Waals surface area contributed by atoms with Gasteiger partial charge in [0.1, 0.15) is 18.2 Å². The summed E-state index contributed by atoms with van der Waals surface area (Å²) in [5, 5.41) is 25.4. The largest absolute Gasteiger partial charge is 0.388 e. The van der Waals surface area contributed by atoms with E-state index in [0.717, 1.165) is 0 Å². The van der Waals surface area contributed by atoms with Crippen molar-refractivity contribution in [2.75, 3.05) is 13.7 Å². The topological polar surface area (TPSA) is 137 Å². The lowest BCUT2D eigenvalue weighted by atomic mass is 9.96. The summed E-state index contributed by atoms with van der Waals surface area (Å²) >= 11 is 0. The van der Waals surface area contributed by atoms with Crippen LogP contribution in [0.25, 0.3) is 10.4 Å². The van der Waals surface area contributed by atoms with Crippen LogP contribution in [0.3, 0.4) is 0 Å². The number of aliphatic hydroxyl groups is 2. The summed E-state index contributed by atoms with van der Waals surface area (Å²) in [4.78, 5) is 13.5. The summed E-state index contributed by atoms with van der Waals surface area (Å²) in [6, 6.07) is -0.884. The number of rotatable bonds is 4. The minimum absolute atomic E-state index is 0.138. The highest BCUT2D eigenvalue weighted by Gasteiger charge is 2.44. The van der Waals surface area contributed by atoms with Gasteiger partial charge in [0, 0.05) is 18.9 Å². The van der Waals surface area contributed by atoms with Gasteiger partial charge in [0.15, 0.2) is 6.29 Å². The Balaban J connectivity index is 2.79. The molecule has 0 aromatic rings. The Kier molecular flexibility index (Phi) is 5.32. The van der Waals surface area contributed by atoms with Crippen molar-refractivity contribution < 1.29 is 24.5 Å². The zero-order valence-electron chi connectivity index (χ0n) is 10.1. The average Bonchev–Trinajstić information content (AvgIpc) is 2.34. The summed E-state index contributed by atoms with van der Waals surface area (Å²) < 4.78 is 10.3. The molecule has 0 bridgehead atoms. The fourth-order valence-electron chi connectivity index (χ4n) is 1.79. The molecule has 9 nitrogen and oxygen atoms in total. The average molecular weight is 260 g/mol. The molecule has 0 spiro atoms. The van der Waals surface area contributed by atoms with Crippen LogP contribution in [0.5, 0.6) is 0 Å². The number of amides is 1. The molecule has 9 heteroatoms. The Hall–Kier alpha value is -1.38. The third kappa shape index (κ3) is 3.31. The third-order valence-electron chi connectivity index (χ3n) is 2.63.